The summed E-state index contributed by atoms with van der Waals surface area (Å²) in [4.78, 5) is 24.1. The van der Waals surface area contributed by atoms with Crippen LogP contribution in [0.5, 0.6) is 0 Å². The first kappa shape index (κ1) is 19.5. The number of benzene rings is 2. The number of nitrogens with zero attached hydrogens (tertiary/aromatic N) is 3. The van der Waals surface area contributed by atoms with E-state index in [1.54, 1.807) is 6.20 Å². The van der Waals surface area contributed by atoms with Crippen molar-refractivity contribution in [2.45, 2.75) is 33.4 Å². The Morgan fingerprint density at radius 2 is 1.86 bits per heavy atom. The van der Waals surface area contributed by atoms with Crippen LogP contribution in [0.25, 0.3) is 11.4 Å². The largest absolute Gasteiger partial charge is 0.356 e. The summed E-state index contributed by atoms with van der Waals surface area (Å²) in [6, 6.07) is 18.1. The van der Waals surface area contributed by atoms with Gasteiger partial charge < -0.3 is 10.2 Å². The molecule has 28 heavy (non-hydrogen) atoms. The van der Waals surface area contributed by atoms with Crippen molar-refractivity contribution in [1.82, 2.24) is 15.3 Å². The highest BCUT2D eigenvalue weighted by molar-refractivity contribution is 5.98. The van der Waals surface area contributed by atoms with Crippen LogP contribution >= 0.6 is 0 Å². The Hall–Kier alpha value is -3.21. The second kappa shape index (κ2) is 8.65. The van der Waals surface area contributed by atoms with Crippen molar-refractivity contribution in [2.75, 3.05) is 11.9 Å². The SMILES string of the molecule is Cc1cccc(-c2ncc(C(=O)NCc3ccccc3)c(N(C)C(C)C)n2)c1. The number of nitrogens with one attached hydrogen (secondary N) is 1. The molecule has 0 spiro atoms. The van der Waals surface area contributed by atoms with Gasteiger partial charge in [0.15, 0.2) is 5.82 Å². The molecule has 2 aromatic carbocycles. The number of aromatic nitrogens is 2. The minimum absolute atomic E-state index is 0.179. The maximum Gasteiger partial charge on any atom is 0.256 e. The lowest BCUT2D eigenvalue weighted by atomic mass is 10.1. The Kier molecular flexibility index (Phi) is 6.04. The summed E-state index contributed by atoms with van der Waals surface area (Å²) in [6.07, 6.45) is 1.62. The van der Waals surface area contributed by atoms with E-state index < -0.39 is 0 Å². The summed E-state index contributed by atoms with van der Waals surface area (Å²) in [5.74, 6) is 1.07. The van der Waals surface area contributed by atoms with Gasteiger partial charge in [-0.25, -0.2) is 9.97 Å². The van der Waals surface area contributed by atoms with Crippen molar-refractivity contribution in [2.24, 2.45) is 0 Å². The Bertz CT molecular complexity index is 954. The van der Waals surface area contributed by atoms with Crippen LogP contribution in [0.3, 0.4) is 0 Å². The second-order valence-electron chi connectivity index (χ2n) is 7.17. The van der Waals surface area contributed by atoms with Gasteiger partial charge in [0, 0.05) is 31.4 Å². The molecule has 0 radical (unpaired) electrons. The van der Waals surface area contributed by atoms with Gasteiger partial charge in [-0.2, -0.15) is 0 Å². The number of hydrogen-bond donors (Lipinski definition) is 1. The fourth-order valence-corrected chi connectivity index (χ4v) is 2.84. The zero-order valence-corrected chi connectivity index (χ0v) is 16.8. The highest BCUT2D eigenvalue weighted by atomic mass is 16.1. The number of rotatable bonds is 6. The van der Waals surface area contributed by atoms with E-state index in [0.29, 0.717) is 23.8 Å². The van der Waals surface area contributed by atoms with Gasteiger partial charge in [-0.3, -0.25) is 4.79 Å². The molecule has 0 bridgehead atoms. The molecule has 3 rings (SSSR count). The zero-order chi connectivity index (χ0) is 20.1. The fraction of sp³-hybridized carbons (Fsp3) is 0.261. The predicted octanol–water partition coefficient (Wildman–Crippen LogP) is 4.23. The fourth-order valence-electron chi connectivity index (χ4n) is 2.84. The summed E-state index contributed by atoms with van der Waals surface area (Å²) in [6.45, 7) is 6.64. The Morgan fingerprint density at radius 3 is 2.54 bits per heavy atom. The van der Waals surface area contributed by atoms with Crippen molar-refractivity contribution in [3.05, 3.63) is 77.5 Å². The molecule has 0 atom stereocenters. The van der Waals surface area contributed by atoms with E-state index in [1.807, 2.05) is 73.5 Å². The number of hydrogen-bond acceptors (Lipinski definition) is 4. The molecule has 0 aliphatic carbocycles. The lowest BCUT2D eigenvalue weighted by Crippen LogP contribution is -2.31. The first-order valence-electron chi connectivity index (χ1n) is 9.44. The summed E-state index contributed by atoms with van der Waals surface area (Å²) >= 11 is 0. The minimum Gasteiger partial charge on any atom is -0.356 e. The van der Waals surface area contributed by atoms with Gasteiger partial charge in [0.1, 0.15) is 11.4 Å². The second-order valence-corrected chi connectivity index (χ2v) is 7.17. The van der Waals surface area contributed by atoms with Gasteiger partial charge in [0.05, 0.1) is 0 Å². The summed E-state index contributed by atoms with van der Waals surface area (Å²) in [5.41, 5.74) is 3.61. The van der Waals surface area contributed by atoms with Crippen molar-refractivity contribution in [3.8, 4) is 11.4 Å². The zero-order valence-electron chi connectivity index (χ0n) is 16.8. The van der Waals surface area contributed by atoms with E-state index in [1.165, 1.54) is 0 Å². The predicted molar refractivity (Wildman–Crippen MR) is 113 cm³/mol. The number of amides is 1. The lowest BCUT2D eigenvalue weighted by Gasteiger charge is -2.25. The molecule has 1 N–H and O–H groups in total. The molecule has 0 saturated heterocycles. The topological polar surface area (TPSA) is 58.1 Å². The quantitative estimate of drug-likeness (QED) is 0.702. The van der Waals surface area contributed by atoms with Gasteiger partial charge in [0.2, 0.25) is 0 Å². The number of anilines is 1. The molecule has 1 heterocycles. The van der Waals surface area contributed by atoms with Crippen LogP contribution in [0.4, 0.5) is 5.82 Å². The summed E-state index contributed by atoms with van der Waals surface area (Å²) in [5, 5.41) is 2.97. The van der Waals surface area contributed by atoms with Crippen molar-refractivity contribution < 1.29 is 4.79 Å². The molecule has 144 valence electrons. The molecule has 5 nitrogen and oxygen atoms in total. The molecular formula is C23H26N4O. The van der Waals surface area contributed by atoms with Crippen LogP contribution in [0.1, 0.15) is 35.3 Å². The lowest BCUT2D eigenvalue weighted by molar-refractivity contribution is 0.0950. The van der Waals surface area contributed by atoms with Gasteiger partial charge in [-0.1, -0.05) is 54.1 Å². The molecule has 3 aromatic rings. The first-order valence-corrected chi connectivity index (χ1v) is 9.44. The summed E-state index contributed by atoms with van der Waals surface area (Å²) < 4.78 is 0. The van der Waals surface area contributed by atoms with Crippen LogP contribution in [0.15, 0.2) is 60.8 Å². The third-order valence-electron chi connectivity index (χ3n) is 4.69. The van der Waals surface area contributed by atoms with Crippen molar-refractivity contribution >= 4 is 11.7 Å². The van der Waals surface area contributed by atoms with E-state index in [0.717, 1.165) is 16.7 Å². The average Bonchev–Trinajstić information content (AvgIpc) is 2.71. The van der Waals surface area contributed by atoms with Crippen molar-refractivity contribution in [3.63, 3.8) is 0 Å². The van der Waals surface area contributed by atoms with E-state index >= 15 is 0 Å². The first-order chi connectivity index (χ1) is 13.5. The maximum atomic E-state index is 12.9. The standard InChI is InChI=1S/C23H26N4O/c1-16(2)27(4)22-20(23(28)25-14-18-10-6-5-7-11-18)15-24-21(26-22)19-12-8-9-17(3)13-19/h5-13,15-16H,14H2,1-4H3,(H,25,28). The van der Waals surface area contributed by atoms with E-state index in [4.69, 9.17) is 4.98 Å². The van der Waals surface area contributed by atoms with Crippen LogP contribution in [0.2, 0.25) is 0 Å². The van der Waals surface area contributed by atoms with Crippen LogP contribution in [-0.4, -0.2) is 29.0 Å². The maximum absolute atomic E-state index is 12.9. The van der Waals surface area contributed by atoms with Crippen molar-refractivity contribution in [1.29, 1.82) is 0 Å². The smallest absolute Gasteiger partial charge is 0.256 e. The highest BCUT2D eigenvalue weighted by Gasteiger charge is 2.20. The molecule has 0 fully saturated rings. The Balaban J connectivity index is 1.92. The highest BCUT2D eigenvalue weighted by Crippen LogP contribution is 2.23. The third-order valence-corrected chi connectivity index (χ3v) is 4.69. The molecule has 1 aromatic heterocycles. The molecule has 1 amide bonds. The molecule has 0 aliphatic heterocycles. The van der Waals surface area contributed by atoms with Crippen LogP contribution in [-0.2, 0) is 6.54 Å². The number of carbonyl (C=O) groups is 1. The number of aryl methyl sites for hydroxylation is 1. The van der Waals surface area contributed by atoms with Gasteiger partial charge in [-0.15, -0.1) is 0 Å². The van der Waals surface area contributed by atoms with E-state index in [9.17, 15) is 4.79 Å². The Labute approximate surface area is 166 Å². The molecular weight excluding hydrogens is 348 g/mol. The van der Waals surface area contributed by atoms with Crippen LogP contribution in [0, 0.1) is 6.92 Å². The number of carbonyl (C=O) groups excluding carboxylic acids is 1. The van der Waals surface area contributed by atoms with E-state index in [2.05, 4.69) is 24.1 Å². The Morgan fingerprint density at radius 1 is 1.11 bits per heavy atom. The van der Waals surface area contributed by atoms with Crippen LogP contribution < -0.4 is 10.2 Å². The van der Waals surface area contributed by atoms with Gasteiger partial charge in [0.25, 0.3) is 5.91 Å². The normalized spacial score (nSPS) is 10.8. The summed E-state index contributed by atoms with van der Waals surface area (Å²) in [7, 11) is 1.95. The van der Waals surface area contributed by atoms with Gasteiger partial charge in [-0.05, 0) is 32.4 Å². The molecule has 0 saturated carbocycles. The monoisotopic (exact) mass is 374 g/mol. The van der Waals surface area contributed by atoms with Gasteiger partial charge >= 0.3 is 0 Å². The molecule has 5 heteroatoms. The third kappa shape index (κ3) is 4.55. The minimum atomic E-state index is -0.179. The van der Waals surface area contributed by atoms with E-state index in [-0.39, 0.29) is 11.9 Å². The molecule has 0 aliphatic rings. The molecule has 0 unspecified atom stereocenters. The average molecular weight is 374 g/mol.